The number of H-pyrrole nitrogens is 1. The largest absolute Gasteiger partial charge is 0.377 e. The third kappa shape index (κ3) is 5.54. The van der Waals surface area contributed by atoms with Gasteiger partial charge in [-0.05, 0) is 53.8 Å². The van der Waals surface area contributed by atoms with Crippen molar-refractivity contribution in [3.05, 3.63) is 88.0 Å². The third-order valence-corrected chi connectivity index (χ3v) is 9.07. The number of aryl methyl sites for hydroxylation is 1. The number of anilines is 1. The molecule has 0 fully saturated rings. The lowest BCUT2D eigenvalue weighted by atomic mass is 9.79. The Kier molecular flexibility index (Phi) is 7.83. The lowest BCUT2D eigenvalue weighted by molar-refractivity contribution is -0.132. The van der Waals surface area contributed by atoms with E-state index in [1.54, 1.807) is 30.4 Å². The van der Waals surface area contributed by atoms with Crippen LogP contribution in [0.3, 0.4) is 0 Å². The van der Waals surface area contributed by atoms with Crippen LogP contribution in [0, 0.1) is 6.92 Å². The molecule has 236 valence electrons. The topological polar surface area (TPSA) is 151 Å². The van der Waals surface area contributed by atoms with Crippen molar-refractivity contribution in [2.24, 2.45) is 0 Å². The summed E-state index contributed by atoms with van der Waals surface area (Å²) in [6, 6.07) is 6.92. The second-order valence-corrected chi connectivity index (χ2v) is 12.2. The van der Waals surface area contributed by atoms with Crippen molar-refractivity contribution in [3.8, 4) is 0 Å². The third-order valence-electron chi connectivity index (χ3n) is 9.07. The number of pyridine rings is 2. The summed E-state index contributed by atoms with van der Waals surface area (Å²) in [6.07, 6.45) is 9.90. The lowest BCUT2D eigenvalue weighted by Gasteiger charge is -2.25. The van der Waals surface area contributed by atoms with Gasteiger partial charge in [-0.1, -0.05) is 18.2 Å². The Morgan fingerprint density at radius 3 is 2.76 bits per heavy atom. The summed E-state index contributed by atoms with van der Waals surface area (Å²) < 4.78 is 11.4. The molecule has 0 saturated heterocycles. The summed E-state index contributed by atoms with van der Waals surface area (Å²) in [5.41, 5.74) is 5.58. The highest BCUT2D eigenvalue weighted by Gasteiger charge is 2.52. The number of carbonyl (C=O) groups is 3. The van der Waals surface area contributed by atoms with Crippen LogP contribution in [0.5, 0.6) is 0 Å². The van der Waals surface area contributed by atoms with Crippen molar-refractivity contribution >= 4 is 40.5 Å². The van der Waals surface area contributed by atoms with Crippen LogP contribution in [0.2, 0.25) is 0 Å². The number of nitrogens with zero attached hydrogens (tertiary/aromatic N) is 4. The number of rotatable bonds is 2. The minimum Gasteiger partial charge on any atom is -0.377 e. The smallest absolute Gasteiger partial charge is 0.253 e. The average molecular weight is 622 g/mol. The number of ether oxygens (including phenoxy) is 2. The zero-order chi connectivity index (χ0) is 31.8. The summed E-state index contributed by atoms with van der Waals surface area (Å²) in [6.45, 7) is 3.82. The van der Waals surface area contributed by atoms with Crippen LogP contribution >= 0.6 is 0 Å². The van der Waals surface area contributed by atoms with Gasteiger partial charge in [0.2, 0.25) is 11.8 Å². The fourth-order valence-corrected chi connectivity index (χ4v) is 6.63. The van der Waals surface area contributed by atoms with Gasteiger partial charge in [0.1, 0.15) is 11.9 Å². The van der Waals surface area contributed by atoms with Crippen molar-refractivity contribution in [1.29, 1.82) is 0 Å². The zero-order valence-electron chi connectivity index (χ0n) is 25.8. The number of amides is 3. The number of carbonyl (C=O) groups excluding carboxylic acids is 3. The molecule has 1 spiro atoms. The van der Waals surface area contributed by atoms with Crippen LogP contribution < -0.4 is 10.6 Å². The Bertz CT molecular complexity index is 1880. The maximum absolute atomic E-state index is 13.8. The number of aromatic amines is 1. The van der Waals surface area contributed by atoms with Gasteiger partial charge in [-0.2, -0.15) is 5.10 Å². The first kappa shape index (κ1) is 29.8. The maximum Gasteiger partial charge on any atom is 0.253 e. The Balaban J connectivity index is 1.20. The Hall–Kier alpha value is -4.94. The van der Waals surface area contributed by atoms with Crippen LogP contribution in [-0.4, -0.2) is 88.8 Å². The highest BCUT2D eigenvalue weighted by Crippen LogP contribution is 2.46. The molecule has 3 amide bonds. The van der Waals surface area contributed by atoms with E-state index in [4.69, 9.17) is 9.47 Å². The maximum atomic E-state index is 13.8. The molecule has 5 bridgehead atoms. The molecule has 0 unspecified atom stereocenters. The van der Waals surface area contributed by atoms with Gasteiger partial charge in [-0.3, -0.25) is 24.5 Å². The van der Waals surface area contributed by atoms with Crippen LogP contribution in [0.4, 0.5) is 5.82 Å². The molecule has 0 saturated carbocycles. The summed E-state index contributed by atoms with van der Waals surface area (Å²) in [4.78, 5) is 51.7. The van der Waals surface area contributed by atoms with Crippen LogP contribution in [-0.2, 0) is 43.7 Å². The standard InChI is InChI=1S/C34H35N7O5/c1-20-10-22(11-24-19-37-40-29(20)24)13-27-32(43)41(2)5-7-46-9-8-45-6-3-4-21-12-26-30(36-17-21)39-33(44)34(26)15-23-14-25(31(42)38-27)18-35-28(23)16-34/h3-4,10-12,14,17-19,27H,5-9,13,15-16H2,1-2H3,(H,37,40)(H,38,42)(H,36,39,44)/b4-3+/t27-,34-/m1/s1. The molecule has 2 atom stereocenters. The van der Waals surface area contributed by atoms with Crippen molar-refractivity contribution < 1.29 is 23.9 Å². The molecule has 3 aromatic heterocycles. The van der Waals surface area contributed by atoms with E-state index in [-0.39, 0.29) is 18.2 Å². The fraction of sp³-hybridized carbons (Fsp3) is 0.353. The Morgan fingerprint density at radius 1 is 1.00 bits per heavy atom. The highest BCUT2D eigenvalue weighted by molar-refractivity contribution is 6.06. The summed E-state index contributed by atoms with van der Waals surface area (Å²) in [5.74, 6) is -0.229. The molecular weight excluding hydrogens is 586 g/mol. The van der Waals surface area contributed by atoms with E-state index in [0.29, 0.717) is 57.2 Å². The molecule has 7 rings (SSSR count). The number of benzene rings is 1. The molecule has 12 heteroatoms. The molecule has 2 aliphatic heterocycles. The normalized spacial score (nSPS) is 22.8. The van der Waals surface area contributed by atoms with E-state index in [0.717, 1.165) is 44.4 Å². The lowest BCUT2D eigenvalue weighted by Crippen LogP contribution is -2.49. The molecule has 1 aliphatic carbocycles. The number of hydrogen-bond acceptors (Lipinski definition) is 8. The van der Waals surface area contributed by atoms with Crippen molar-refractivity contribution in [1.82, 2.24) is 30.4 Å². The van der Waals surface area contributed by atoms with Crippen molar-refractivity contribution in [2.45, 2.75) is 37.6 Å². The quantitative estimate of drug-likeness (QED) is 0.309. The predicted molar refractivity (Wildman–Crippen MR) is 170 cm³/mol. The van der Waals surface area contributed by atoms with Gasteiger partial charge in [0.05, 0.1) is 49.1 Å². The zero-order valence-corrected chi connectivity index (χ0v) is 25.8. The molecule has 3 aliphatic rings. The predicted octanol–water partition coefficient (Wildman–Crippen LogP) is 2.51. The van der Waals surface area contributed by atoms with E-state index in [1.807, 2.05) is 37.3 Å². The van der Waals surface area contributed by atoms with Gasteiger partial charge < -0.3 is 25.0 Å². The summed E-state index contributed by atoms with van der Waals surface area (Å²) >= 11 is 0. The molecule has 4 aromatic rings. The minimum atomic E-state index is -0.855. The van der Waals surface area contributed by atoms with Gasteiger partial charge in [-0.15, -0.1) is 0 Å². The molecule has 12 nitrogen and oxygen atoms in total. The minimum absolute atomic E-state index is 0.128. The van der Waals surface area contributed by atoms with Gasteiger partial charge in [-0.25, -0.2) is 4.98 Å². The molecule has 1 aromatic carbocycles. The van der Waals surface area contributed by atoms with Crippen molar-refractivity contribution in [2.75, 3.05) is 45.3 Å². The SMILES string of the molecule is Cc1cc(C[C@H]2NC(=O)c3cnc4c(c3)C[C@]3(C4)C(=O)Nc4ncc(cc43)/C=C/COCCOCCN(C)C2=O)cc2cn[nH]c12. The number of aromatic nitrogens is 4. The van der Waals surface area contributed by atoms with Crippen molar-refractivity contribution in [3.63, 3.8) is 0 Å². The number of likely N-dealkylation sites (N-methyl/N-ethyl adjacent to an activating group) is 1. The van der Waals surface area contributed by atoms with Gasteiger partial charge in [0.25, 0.3) is 5.91 Å². The van der Waals surface area contributed by atoms with Gasteiger partial charge in [0.15, 0.2) is 0 Å². The number of nitrogens with one attached hydrogen (secondary N) is 3. The van der Waals surface area contributed by atoms with Gasteiger partial charge >= 0.3 is 0 Å². The number of hydrogen-bond donors (Lipinski definition) is 3. The molecule has 0 radical (unpaired) electrons. The first-order chi connectivity index (χ1) is 22.3. The van der Waals surface area contributed by atoms with E-state index in [2.05, 4.69) is 30.8 Å². The fourth-order valence-electron chi connectivity index (χ4n) is 6.63. The number of fused-ring (bicyclic) bond motifs is 3. The Morgan fingerprint density at radius 2 is 1.87 bits per heavy atom. The summed E-state index contributed by atoms with van der Waals surface area (Å²) in [7, 11) is 1.70. The summed E-state index contributed by atoms with van der Waals surface area (Å²) in [5, 5.41) is 14.0. The van der Waals surface area contributed by atoms with E-state index < -0.39 is 17.4 Å². The van der Waals surface area contributed by atoms with Crippen LogP contribution in [0.15, 0.2) is 48.9 Å². The average Bonchev–Trinajstić information content (AvgIpc) is 3.75. The molecular formula is C34H35N7O5. The van der Waals surface area contributed by atoms with E-state index in [1.165, 1.54) is 6.20 Å². The van der Waals surface area contributed by atoms with E-state index >= 15 is 0 Å². The van der Waals surface area contributed by atoms with Crippen LogP contribution in [0.1, 0.15) is 43.9 Å². The van der Waals surface area contributed by atoms with Gasteiger partial charge in [0, 0.05) is 55.5 Å². The second-order valence-electron chi connectivity index (χ2n) is 12.2. The molecule has 46 heavy (non-hydrogen) atoms. The second kappa shape index (κ2) is 12.1. The monoisotopic (exact) mass is 621 g/mol. The molecule has 5 heterocycles. The first-order valence-electron chi connectivity index (χ1n) is 15.4. The molecule has 3 N–H and O–H groups in total. The first-order valence-corrected chi connectivity index (χ1v) is 15.4. The van der Waals surface area contributed by atoms with E-state index in [9.17, 15) is 14.4 Å². The van der Waals surface area contributed by atoms with Crippen LogP contribution in [0.25, 0.3) is 17.0 Å². The highest BCUT2D eigenvalue weighted by atomic mass is 16.5. The Labute approximate surface area is 265 Å².